The first-order chi connectivity index (χ1) is 12.3. The van der Waals surface area contributed by atoms with Crippen molar-refractivity contribution >= 4 is 0 Å². The summed E-state index contributed by atoms with van der Waals surface area (Å²) in [5.74, 6) is 2.05. The van der Waals surface area contributed by atoms with Crippen LogP contribution in [0.25, 0.3) is 11.5 Å². The average molecular weight is 341 g/mol. The Morgan fingerprint density at radius 2 is 2.00 bits per heavy atom. The zero-order valence-electron chi connectivity index (χ0n) is 14.9. The van der Waals surface area contributed by atoms with E-state index >= 15 is 0 Å². The third kappa shape index (κ3) is 3.90. The van der Waals surface area contributed by atoms with Crippen LogP contribution in [0.4, 0.5) is 0 Å². The van der Waals surface area contributed by atoms with Crippen LogP contribution < -0.4 is 0 Å². The third-order valence-corrected chi connectivity index (χ3v) is 5.40. The van der Waals surface area contributed by atoms with Crippen molar-refractivity contribution in [2.75, 3.05) is 32.8 Å². The Kier molecular flexibility index (Phi) is 5.08. The van der Waals surface area contributed by atoms with Gasteiger partial charge in [0.2, 0.25) is 0 Å². The van der Waals surface area contributed by atoms with E-state index < -0.39 is 0 Å². The summed E-state index contributed by atoms with van der Waals surface area (Å²) in [6.07, 6.45) is 10.2. The molecule has 4 heterocycles. The third-order valence-electron chi connectivity index (χ3n) is 5.40. The molecule has 0 amide bonds. The van der Waals surface area contributed by atoms with Gasteiger partial charge in [-0.1, -0.05) is 0 Å². The summed E-state index contributed by atoms with van der Waals surface area (Å²) < 4.78 is 5.50. The topological polar surface area (TPSA) is 66.9 Å². The summed E-state index contributed by atoms with van der Waals surface area (Å²) in [6.45, 7) is 7.33. The van der Waals surface area contributed by atoms with Crippen molar-refractivity contribution in [3.8, 4) is 11.5 Å². The van der Waals surface area contributed by atoms with Gasteiger partial charge < -0.3 is 14.6 Å². The maximum atomic E-state index is 5.50. The van der Waals surface area contributed by atoms with Crippen molar-refractivity contribution in [3.05, 3.63) is 30.0 Å². The number of aromatic amines is 1. The Bertz CT molecular complexity index is 695. The van der Waals surface area contributed by atoms with Crippen molar-refractivity contribution in [2.45, 2.75) is 38.5 Å². The van der Waals surface area contributed by atoms with E-state index in [4.69, 9.17) is 9.72 Å². The number of aryl methyl sites for hydroxylation is 1. The van der Waals surface area contributed by atoms with Gasteiger partial charge in [-0.2, -0.15) is 0 Å². The lowest BCUT2D eigenvalue weighted by atomic mass is 9.91. The molecule has 0 aromatic carbocycles. The number of H-pyrrole nitrogens is 1. The van der Waals surface area contributed by atoms with E-state index in [0.29, 0.717) is 5.92 Å². The Labute approximate surface area is 149 Å². The molecule has 2 aromatic heterocycles. The first kappa shape index (κ1) is 16.7. The predicted octanol–water partition coefficient (Wildman–Crippen LogP) is 2.78. The summed E-state index contributed by atoms with van der Waals surface area (Å²) in [7, 11) is 0. The summed E-state index contributed by atoms with van der Waals surface area (Å²) in [6, 6.07) is 0. The normalized spacial score (nSPS) is 23.0. The number of rotatable bonds is 4. The van der Waals surface area contributed by atoms with Crippen molar-refractivity contribution in [2.24, 2.45) is 5.92 Å². The predicted molar refractivity (Wildman–Crippen MR) is 96.3 cm³/mol. The zero-order chi connectivity index (χ0) is 17.1. The van der Waals surface area contributed by atoms with E-state index in [1.807, 2.05) is 19.3 Å². The van der Waals surface area contributed by atoms with Gasteiger partial charge in [-0.05, 0) is 45.1 Å². The molecular formula is C19H27N5O. The second-order valence-electron chi connectivity index (χ2n) is 7.36. The first-order valence-corrected chi connectivity index (χ1v) is 9.42. The molecule has 0 saturated carbocycles. The van der Waals surface area contributed by atoms with E-state index in [9.17, 15) is 0 Å². The van der Waals surface area contributed by atoms with Gasteiger partial charge in [0.25, 0.3) is 0 Å². The van der Waals surface area contributed by atoms with Crippen LogP contribution in [0.1, 0.15) is 43.0 Å². The van der Waals surface area contributed by atoms with Crippen LogP contribution in [0.15, 0.2) is 18.6 Å². The van der Waals surface area contributed by atoms with Crippen LogP contribution >= 0.6 is 0 Å². The van der Waals surface area contributed by atoms with Crippen LogP contribution in [-0.2, 0) is 4.74 Å². The molecule has 2 aromatic rings. The maximum absolute atomic E-state index is 5.50. The van der Waals surface area contributed by atoms with E-state index in [0.717, 1.165) is 48.6 Å². The Morgan fingerprint density at radius 1 is 1.16 bits per heavy atom. The molecule has 2 aliphatic heterocycles. The Balaban J connectivity index is 1.49. The molecule has 4 rings (SSSR count). The van der Waals surface area contributed by atoms with Crippen molar-refractivity contribution < 1.29 is 4.74 Å². The van der Waals surface area contributed by atoms with Gasteiger partial charge in [-0.15, -0.1) is 0 Å². The van der Waals surface area contributed by atoms with Crippen LogP contribution in [0.2, 0.25) is 0 Å². The molecule has 0 aliphatic carbocycles. The molecule has 0 radical (unpaired) electrons. The van der Waals surface area contributed by atoms with Gasteiger partial charge in [0, 0.05) is 56.5 Å². The van der Waals surface area contributed by atoms with E-state index in [1.165, 1.54) is 38.8 Å². The fourth-order valence-electron chi connectivity index (χ4n) is 4.10. The smallest absolute Gasteiger partial charge is 0.158 e. The quantitative estimate of drug-likeness (QED) is 0.926. The lowest BCUT2D eigenvalue weighted by molar-refractivity contribution is 0.0482. The SMILES string of the molecule is Cc1cnc(-c2nccnc2[C@@H]2CCCN(CC3CCOCC3)C2)[nH]1. The number of aromatic nitrogens is 4. The molecule has 6 heteroatoms. The molecule has 2 saturated heterocycles. The number of ether oxygens (including phenoxy) is 1. The molecule has 2 aliphatic rings. The number of hydrogen-bond acceptors (Lipinski definition) is 5. The monoisotopic (exact) mass is 341 g/mol. The molecular weight excluding hydrogens is 314 g/mol. The highest BCUT2D eigenvalue weighted by molar-refractivity contribution is 5.53. The van der Waals surface area contributed by atoms with Crippen LogP contribution in [0, 0.1) is 12.8 Å². The number of nitrogens with one attached hydrogen (secondary N) is 1. The van der Waals surface area contributed by atoms with Gasteiger partial charge in [-0.25, -0.2) is 9.97 Å². The zero-order valence-corrected chi connectivity index (χ0v) is 14.9. The lowest BCUT2D eigenvalue weighted by Crippen LogP contribution is -2.39. The lowest BCUT2D eigenvalue weighted by Gasteiger charge is -2.36. The average Bonchev–Trinajstić information content (AvgIpc) is 3.09. The molecule has 0 unspecified atom stereocenters. The number of hydrogen-bond donors (Lipinski definition) is 1. The van der Waals surface area contributed by atoms with Crippen molar-refractivity contribution in [3.63, 3.8) is 0 Å². The molecule has 1 N–H and O–H groups in total. The highest BCUT2D eigenvalue weighted by Gasteiger charge is 2.27. The number of imidazole rings is 1. The standard InChI is InChI=1S/C19H27N5O/c1-14-11-22-19(23-14)18-17(20-6-7-21-18)16-3-2-8-24(13-16)12-15-4-9-25-10-5-15/h6-7,11,15-16H,2-5,8-10,12-13H2,1H3,(H,22,23)/t16-/m1/s1. The highest BCUT2D eigenvalue weighted by atomic mass is 16.5. The Hall–Kier alpha value is -1.79. The van der Waals surface area contributed by atoms with E-state index in [1.54, 1.807) is 6.20 Å². The van der Waals surface area contributed by atoms with Crippen LogP contribution in [-0.4, -0.2) is 57.7 Å². The second kappa shape index (κ2) is 7.62. The fourth-order valence-corrected chi connectivity index (χ4v) is 4.10. The Morgan fingerprint density at radius 3 is 2.80 bits per heavy atom. The van der Waals surface area contributed by atoms with Gasteiger partial charge in [0.05, 0.1) is 5.69 Å². The van der Waals surface area contributed by atoms with Gasteiger partial charge >= 0.3 is 0 Å². The number of nitrogens with zero attached hydrogens (tertiary/aromatic N) is 4. The van der Waals surface area contributed by atoms with Gasteiger partial charge in [-0.3, -0.25) is 4.98 Å². The maximum Gasteiger partial charge on any atom is 0.158 e. The largest absolute Gasteiger partial charge is 0.381 e. The number of piperidine rings is 1. The highest BCUT2D eigenvalue weighted by Crippen LogP contribution is 2.31. The molecule has 0 spiro atoms. The number of likely N-dealkylation sites (tertiary alicyclic amines) is 1. The molecule has 1 atom stereocenters. The van der Waals surface area contributed by atoms with E-state index in [2.05, 4.69) is 19.9 Å². The minimum absolute atomic E-state index is 0.433. The molecule has 134 valence electrons. The summed E-state index contributed by atoms with van der Waals surface area (Å²) in [4.78, 5) is 19.7. The van der Waals surface area contributed by atoms with Crippen molar-refractivity contribution in [1.82, 2.24) is 24.8 Å². The van der Waals surface area contributed by atoms with Gasteiger partial charge in [0.1, 0.15) is 5.69 Å². The second-order valence-corrected chi connectivity index (χ2v) is 7.36. The molecule has 6 nitrogen and oxygen atoms in total. The molecule has 25 heavy (non-hydrogen) atoms. The summed E-state index contributed by atoms with van der Waals surface area (Å²) in [5, 5.41) is 0. The van der Waals surface area contributed by atoms with Crippen LogP contribution in [0.3, 0.4) is 0 Å². The summed E-state index contributed by atoms with van der Waals surface area (Å²) in [5.41, 5.74) is 3.05. The minimum atomic E-state index is 0.433. The van der Waals surface area contributed by atoms with Crippen LogP contribution in [0.5, 0.6) is 0 Å². The molecule has 0 bridgehead atoms. The van der Waals surface area contributed by atoms with Crippen molar-refractivity contribution in [1.29, 1.82) is 0 Å². The molecule has 2 fully saturated rings. The van der Waals surface area contributed by atoms with E-state index in [-0.39, 0.29) is 0 Å². The first-order valence-electron chi connectivity index (χ1n) is 9.42. The van der Waals surface area contributed by atoms with Gasteiger partial charge in [0.15, 0.2) is 5.82 Å². The summed E-state index contributed by atoms with van der Waals surface area (Å²) >= 11 is 0. The fraction of sp³-hybridized carbons (Fsp3) is 0.632. The minimum Gasteiger partial charge on any atom is -0.381 e.